The largest absolute Gasteiger partial charge is 0.322 e. The molecule has 3 heterocycles. The lowest BCUT2D eigenvalue weighted by Crippen LogP contribution is -2.34. The van der Waals surface area contributed by atoms with Crippen LogP contribution >= 0.6 is 23.6 Å². The van der Waals surface area contributed by atoms with Crippen molar-refractivity contribution in [1.29, 1.82) is 0 Å². The first-order valence-electron chi connectivity index (χ1n) is 6.04. The van der Waals surface area contributed by atoms with Crippen LogP contribution in [0.2, 0.25) is 0 Å². The van der Waals surface area contributed by atoms with E-state index < -0.39 is 5.91 Å². The summed E-state index contributed by atoms with van der Waals surface area (Å²) in [6, 6.07) is 6.71. The van der Waals surface area contributed by atoms with Crippen LogP contribution in [-0.2, 0) is 0 Å². The molecule has 21 heavy (non-hydrogen) atoms. The molecule has 6 nitrogen and oxygen atoms in total. The van der Waals surface area contributed by atoms with Crippen LogP contribution in [-0.4, -0.2) is 20.6 Å². The molecule has 0 atom stereocenters. The van der Waals surface area contributed by atoms with Gasteiger partial charge >= 0.3 is 0 Å². The molecule has 3 rings (SSSR count). The van der Waals surface area contributed by atoms with Crippen LogP contribution in [0.15, 0.2) is 35.3 Å². The Labute approximate surface area is 128 Å². The Kier molecular flexibility index (Phi) is 3.40. The van der Waals surface area contributed by atoms with Crippen molar-refractivity contribution in [3.63, 3.8) is 0 Å². The first-order valence-corrected chi connectivity index (χ1v) is 7.26. The van der Waals surface area contributed by atoms with Crippen LogP contribution in [0.5, 0.6) is 0 Å². The maximum atomic E-state index is 12.4. The zero-order valence-corrected chi connectivity index (χ0v) is 12.5. The second kappa shape index (κ2) is 5.23. The second-order valence-corrected chi connectivity index (χ2v) is 5.97. The third kappa shape index (κ3) is 2.50. The van der Waals surface area contributed by atoms with Crippen LogP contribution in [0.25, 0.3) is 10.2 Å². The molecule has 0 spiro atoms. The number of rotatable bonds is 2. The van der Waals surface area contributed by atoms with Crippen LogP contribution in [0.3, 0.4) is 0 Å². The van der Waals surface area contributed by atoms with E-state index >= 15 is 0 Å². The molecule has 0 saturated carbocycles. The fourth-order valence-corrected chi connectivity index (χ4v) is 3.09. The van der Waals surface area contributed by atoms with Crippen molar-refractivity contribution in [1.82, 2.24) is 14.6 Å². The Morgan fingerprint density at radius 3 is 3.00 bits per heavy atom. The predicted molar refractivity (Wildman–Crippen MR) is 83.9 cm³/mol. The Morgan fingerprint density at radius 1 is 1.48 bits per heavy atom. The van der Waals surface area contributed by atoms with Gasteiger partial charge in [-0.2, -0.15) is 4.68 Å². The average Bonchev–Trinajstić information content (AvgIpc) is 2.85. The quantitative estimate of drug-likeness (QED) is 0.710. The summed E-state index contributed by atoms with van der Waals surface area (Å²) in [4.78, 5) is 33.0. The molecule has 0 aromatic carbocycles. The monoisotopic (exact) mass is 318 g/mol. The number of aromatic nitrogens is 3. The number of carbonyl (C=O) groups excluding carboxylic acids is 1. The van der Waals surface area contributed by atoms with Gasteiger partial charge in [-0.05, 0) is 37.3 Å². The van der Waals surface area contributed by atoms with E-state index in [4.69, 9.17) is 12.2 Å². The predicted octanol–water partition coefficient (Wildman–Crippen LogP) is 2.21. The van der Waals surface area contributed by atoms with Gasteiger partial charge in [0.25, 0.3) is 11.5 Å². The Balaban J connectivity index is 2.07. The number of aryl methyl sites for hydroxylation is 1. The first-order chi connectivity index (χ1) is 10.1. The van der Waals surface area contributed by atoms with Gasteiger partial charge in [-0.15, -0.1) is 11.3 Å². The summed E-state index contributed by atoms with van der Waals surface area (Å²) >= 11 is 6.57. The lowest BCUT2D eigenvalue weighted by atomic mass is 10.3. The smallest absolute Gasteiger partial charge is 0.288 e. The van der Waals surface area contributed by atoms with Gasteiger partial charge in [-0.1, -0.05) is 6.07 Å². The third-order valence-electron chi connectivity index (χ3n) is 2.82. The van der Waals surface area contributed by atoms with E-state index in [1.54, 1.807) is 24.3 Å². The van der Waals surface area contributed by atoms with Crippen molar-refractivity contribution in [2.75, 3.05) is 5.43 Å². The fourth-order valence-electron chi connectivity index (χ4n) is 1.89. The minimum atomic E-state index is -0.497. The van der Waals surface area contributed by atoms with E-state index in [9.17, 15) is 9.59 Å². The molecule has 0 aliphatic heterocycles. The highest BCUT2D eigenvalue weighted by atomic mass is 32.1. The van der Waals surface area contributed by atoms with E-state index in [0.717, 1.165) is 9.55 Å². The van der Waals surface area contributed by atoms with Gasteiger partial charge in [-0.25, -0.2) is 0 Å². The van der Waals surface area contributed by atoms with Crippen molar-refractivity contribution >= 4 is 39.7 Å². The standard InChI is InChI=1S/C13H10N4O2S2/c1-7-6-8-11(21-7)15-13(20)17(12(8)19)16-10(18)9-4-2-3-5-14-9/h2-6H,1H3,(H,15,20)(H,16,18). The number of pyridine rings is 1. The minimum absolute atomic E-state index is 0.138. The number of hydrogen-bond donors (Lipinski definition) is 2. The number of amides is 1. The molecule has 2 N–H and O–H groups in total. The third-order valence-corrected chi connectivity index (χ3v) is 4.07. The number of nitrogens with zero attached hydrogens (tertiary/aromatic N) is 2. The molecule has 0 unspecified atom stereocenters. The summed E-state index contributed by atoms with van der Waals surface area (Å²) in [7, 11) is 0. The Morgan fingerprint density at radius 2 is 2.29 bits per heavy atom. The molecule has 3 aromatic rings. The molecule has 0 aliphatic rings. The van der Waals surface area contributed by atoms with Gasteiger partial charge in [0.15, 0.2) is 0 Å². The summed E-state index contributed by atoms with van der Waals surface area (Å²) in [6.45, 7) is 1.90. The van der Waals surface area contributed by atoms with Crippen molar-refractivity contribution in [2.45, 2.75) is 6.92 Å². The van der Waals surface area contributed by atoms with Crippen LogP contribution in [0, 0.1) is 11.7 Å². The number of H-pyrrole nitrogens is 1. The summed E-state index contributed by atoms with van der Waals surface area (Å²) in [6.07, 6.45) is 1.50. The molecular weight excluding hydrogens is 308 g/mol. The highest BCUT2D eigenvalue weighted by Gasteiger charge is 2.12. The maximum Gasteiger partial charge on any atom is 0.288 e. The lowest BCUT2D eigenvalue weighted by molar-refractivity contribution is 0.100. The summed E-state index contributed by atoms with van der Waals surface area (Å²) < 4.78 is 1.17. The van der Waals surface area contributed by atoms with E-state index in [1.807, 2.05) is 6.92 Å². The van der Waals surface area contributed by atoms with E-state index in [1.165, 1.54) is 17.5 Å². The number of aromatic amines is 1. The van der Waals surface area contributed by atoms with Gasteiger partial charge in [-0.3, -0.25) is 20.0 Å². The highest BCUT2D eigenvalue weighted by Crippen LogP contribution is 2.19. The van der Waals surface area contributed by atoms with Gasteiger partial charge in [0.05, 0.1) is 5.39 Å². The van der Waals surface area contributed by atoms with E-state index in [-0.39, 0.29) is 16.0 Å². The molecule has 0 saturated heterocycles. The number of carbonyl (C=O) groups is 1. The molecule has 0 bridgehead atoms. The normalized spacial score (nSPS) is 10.7. The minimum Gasteiger partial charge on any atom is -0.322 e. The lowest BCUT2D eigenvalue weighted by Gasteiger charge is -2.07. The maximum absolute atomic E-state index is 12.4. The highest BCUT2D eigenvalue weighted by molar-refractivity contribution is 7.71. The molecule has 1 amide bonds. The Bertz CT molecular complexity index is 940. The molecule has 0 aliphatic carbocycles. The summed E-state index contributed by atoms with van der Waals surface area (Å²) in [5.74, 6) is -0.497. The zero-order valence-electron chi connectivity index (χ0n) is 10.9. The Hall–Kier alpha value is -2.32. The van der Waals surface area contributed by atoms with E-state index in [0.29, 0.717) is 10.2 Å². The van der Waals surface area contributed by atoms with Gasteiger partial charge in [0.2, 0.25) is 4.77 Å². The van der Waals surface area contributed by atoms with Crippen LogP contribution in [0.4, 0.5) is 0 Å². The topological polar surface area (TPSA) is 79.8 Å². The van der Waals surface area contributed by atoms with Crippen LogP contribution < -0.4 is 11.0 Å². The number of hydrogen-bond acceptors (Lipinski definition) is 5. The zero-order chi connectivity index (χ0) is 15.0. The van der Waals surface area contributed by atoms with Crippen molar-refractivity contribution in [3.05, 3.63) is 56.2 Å². The molecule has 8 heteroatoms. The molecule has 106 valence electrons. The number of thiophene rings is 1. The van der Waals surface area contributed by atoms with E-state index in [2.05, 4.69) is 15.4 Å². The van der Waals surface area contributed by atoms with Crippen molar-refractivity contribution < 1.29 is 4.79 Å². The number of fused-ring (bicyclic) bond motifs is 1. The first kappa shape index (κ1) is 13.7. The van der Waals surface area contributed by atoms with Crippen LogP contribution in [0.1, 0.15) is 15.4 Å². The molecule has 0 fully saturated rings. The second-order valence-electron chi connectivity index (χ2n) is 4.33. The molecular formula is C13H10N4O2S2. The van der Waals surface area contributed by atoms with Gasteiger partial charge in [0.1, 0.15) is 10.5 Å². The van der Waals surface area contributed by atoms with Gasteiger partial charge < -0.3 is 4.98 Å². The fraction of sp³-hybridized carbons (Fsp3) is 0.0769. The molecule has 0 radical (unpaired) electrons. The SMILES string of the molecule is Cc1cc2c(=O)n(NC(=O)c3ccccn3)c(=S)[nH]c2s1. The van der Waals surface area contributed by atoms with Crippen molar-refractivity contribution in [2.24, 2.45) is 0 Å². The summed E-state index contributed by atoms with van der Waals surface area (Å²) in [5.41, 5.74) is 2.32. The summed E-state index contributed by atoms with van der Waals surface area (Å²) in [5, 5.41) is 0.493. The molecule has 3 aromatic heterocycles. The average molecular weight is 318 g/mol. The van der Waals surface area contributed by atoms with Gasteiger partial charge in [0, 0.05) is 11.1 Å². The number of nitrogens with one attached hydrogen (secondary N) is 2. The van der Waals surface area contributed by atoms with Crippen molar-refractivity contribution in [3.8, 4) is 0 Å².